The molecule has 6 rings (SSSR count). The first-order valence-electron chi connectivity index (χ1n) is 12.9. The van der Waals surface area contributed by atoms with E-state index in [1.165, 1.54) is 17.4 Å². The molecule has 1 atom stereocenters. The van der Waals surface area contributed by atoms with E-state index in [-0.39, 0.29) is 11.9 Å². The standard InChI is InChI=1S/C29H26F2N6O2S/c1-17-15-37-26(25(35-29(37)40-17)19-7-10-22(30)23(31)14-19)24-11-12-32-28(34-24)33-20-4-3-13-36(16-20)27(38)18-5-8-21(39-2)9-6-18/h5-12,14-15,20H,3-4,13,16H2,1-2H3,(H,32,33,34)/t20-/m1/s1. The molecule has 0 unspecified atom stereocenters. The van der Waals surface area contributed by atoms with E-state index in [1.807, 2.05) is 22.4 Å². The molecule has 4 heterocycles. The van der Waals surface area contributed by atoms with Crippen molar-refractivity contribution in [2.24, 2.45) is 0 Å². The van der Waals surface area contributed by atoms with Crippen LogP contribution in [0, 0.1) is 18.6 Å². The summed E-state index contributed by atoms with van der Waals surface area (Å²) in [6.07, 6.45) is 5.31. The monoisotopic (exact) mass is 560 g/mol. The van der Waals surface area contributed by atoms with E-state index in [1.54, 1.807) is 43.6 Å². The number of methoxy groups -OCH3 is 1. The minimum atomic E-state index is -0.938. The molecule has 8 nitrogen and oxygen atoms in total. The Hall–Kier alpha value is -4.38. The lowest BCUT2D eigenvalue weighted by molar-refractivity contribution is 0.0714. The number of carbonyl (C=O) groups excluding carboxylic acids is 1. The molecule has 1 N–H and O–H groups in total. The number of carbonyl (C=O) groups is 1. The molecule has 1 aliphatic heterocycles. The molecule has 0 radical (unpaired) electrons. The van der Waals surface area contributed by atoms with E-state index < -0.39 is 11.6 Å². The number of anilines is 1. The van der Waals surface area contributed by atoms with Gasteiger partial charge in [0.25, 0.3) is 5.91 Å². The third kappa shape index (κ3) is 5.00. The van der Waals surface area contributed by atoms with Crippen LogP contribution >= 0.6 is 11.3 Å². The van der Waals surface area contributed by atoms with Gasteiger partial charge in [-0.25, -0.2) is 23.7 Å². The number of fused-ring (bicyclic) bond motifs is 1. The number of nitrogens with one attached hydrogen (secondary N) is 1. The first-order chi connectivity index (χ1) is 19.4. The summed E-state index contributed by atoms with van der Waals surface area (Å²) in [6, 6.07) is 12.6. The molecule has 1 saturated heterocycles. The SMILES string of the molecule is COc1ccc(C(=O)N2CCC[C@@H](Nc3nccc(-c4c(-c5ccc(F)c(F)c5)nc5sc(C)cn45)n3)C2)cc1. The van der Waals surface area contributed by atoms with Gasteiger partial charge in [-0.3, -0.25) is 9.20 Å². The van der Waals surface area contributed by atoms with Crippen molar-refractivity contribution in [1.29, 1.82) is 0 Å². The number of thiazole rings is 1. The summed E-state index contributed by atoms with van der Waals surface area (Å²) < 4.78 is 34.9. The summed E-state index contributed by atoms with van der Waals surface area (Å²) in [7, 11) is 1.59. The van der Waals surface area contributed by atoms with Gasteiger partial charge in [-0.1, -0.05) is 0 Å². The molecule has 1 amide bonds. The fourth-order valence-corrected chi connectivity index (χ4v) is 5.81. The van der Waals surface area contributed by atoms with Gasteiger partial charge in [-0.2, -0.15) is 0 Å². The minimum absolute atomic E-state index is 0.0329. The normalized spacial score (nSPS) is 15.4. The van der Waals surface area contributed by atoms with Crippen molar-refractivity contribution in [1.82, 2.24) is 24.3 Å². The van der Waals surface area contributed by atoms with Crippen molar-refractivity contribution in [2.45, 2.75) is 25.8 Å². The van der Waals surface area contributed by atoms with Crippen LogP contribution < -0.4 is 10.1 Å². The van der Waals surface area contributed by atoms with Crippen LogP contribution in [0.4, 0.5) is 14.7 Å². The highest BCUT2D eigenvalue weighted by atomic mass is 32.1. The Balaban J connectivity index is 1.27. The minimum Gasteiger partial charge on any atom is -0.497 e. The zero-order valence-electron chi connectivity index (χ0n) is 21.9. The van der Waals surface area contributed by atoms with Gasteiger partial charge in [0, 0.05) is 47.5 Å². The number of imidazole rings is 1. The van der Waals surface area contributed by atoms with Crippen molar-refractivity contribution in [3.8, 4) is 28.4 Å². The average molecular weight is 561 g/mol. The highest BCUT2D eigenvalue weighted by Crippen LogP contribution is 2.35. The van der Waals surface area contributed by atoms with Crippen molar-refractivity contribution >= 4 is 28.2 Å². The first-order valence-corrected chi connectivity index (χ1v) is 13.7. The van der Waals surface area contributed by atoms with Crippen LogP contribution in [0.25, 0.3) is 27.6 Å². The van der Waals surface area contributed by atoms with Crippen LogP contribution in [-0.2, 0) is 0 Å². The second-order valence-corrected chi connectivity index (χ2v) is 10.9. The summed E-state index contributed by atoms with van der Waals surface area (Å²) >= 11 is 1.50. The Kier molecular flexibility index (Phi) is 6.89. The van der Waals surface area contributed by atoms with Crippen molar-refractivity contribution in [3.63, 3.8) is 0 Å². The number of hydrogen-bond donors (Lipinski definition) is 1. The second kappa shape index (κ2) is 10.6. The van der Waals surface area contributed by atoms with Crippen LogP contribution in [0.15, 0.2) is 60.9 Å². The third-order valence-corrected chi connectivity index (χ3v) is 7.81. The van der Waals surface area contributed by atoms with Gasteiger partial charge in [0.05, 0.1) is 18.5 Å². The zero-order chi connectivity index (χ0) is 27.8. The predicted molar refractivity (Wildman–Crippen MR) is 150 cm³/mol. The molecule has 204 valence electrons. The van der Waals surface area contributed by atoms with E-state index >= 15 is 0 Å². The number of amides is 1. The Bertz CT molecular complexity index is 1700. The first kappa shape index (κ1) is 25.9. The Morgan fingerprint density at radius 3 is 2.70 bits per heavy atom. The molecule has 0 aliphatic carbocycles. The molecule has 3 aromatic heterocycles. The molecule has 5 aromatic rings. The lowest BCUT2D eigenvalue weighted by Crippen LogP contribution is -2.45. The lowest BCUT2D eigenvalue weighted by Gasteiger charge is -2.33. The van der Waals surface area contributed by atoms with Gasteiger partial charge >= 0.3 is 0 Å². The number of aromatic nitrogens is 4. The maximum atomic E-state index is 14.1. The topological polar surface area (TPSA) is 84.6 Å². The number of rotatable bonds is 6. The van der Waals surface area contributed by atoms with Gasteiger partial charge in [0.2, 0.25) is 5.95 Å². The number of likely N-dealkylation sites (tertiary alicyclic amines) is 1. The highest BCUT2D eigenvalue weighted by molar-refractivity contribution is 7.17. The molecule has 1 fully saturated rings. The fourth-order valence-electron chi connectivity index (χ4n) is 4.98. The van der Waals surface area contributed by atoms with Crippen LogP contribution in [0.1, 0.15) is 28.1 Å². The van der Waals surface area contributed by atoms with E-state index in [9.17, 15) is 13.6 Å². The number of halogens is 2. The second-order valence-electron chi connectivity index (χ2n) is 9.66. The van der Waals surface area contributed by atoms with E-state index in [0.29, 0.717) is 53.0 Å². The number of hydrogen-bond acceptors (Lipinski definition) is 7. The number of nitrogens with zero attached hydrogens (tertiary/aromatic N) is 5. The van der Waals surface area contributed by atoms with Gasteiger partial charge in [0.1, 0.15) is 11.4 Å². The summed E-state index contributed by atoms with van der Waals surface area (Å²) in [6.45, 7) is 3.17. The Morgan fingerprint density at radius 2 is 1.93 bits per heavy atom. The molecule has 1 aliphatic rings. The van der Waals surface area contributed by atoms with E-state index in [0.717, 1.165) is 34.8 Å². The number of ether oxygens (including phenoxy) is 1. The average Bonchev–Trinajstić information content (AvgIpc) is 3.50. The van der Waals surface area contributed by atoms with Gasteiger partial charge in [-0.15, -0.1) is 11.3 Å². The van der Waals surface area contributed by atoms with Crippen LogP contribution in [0.3, 0.4) is 0 Å². The summed E-state index contributed by atoms with van der Waals surface area (Å²) in [5.41, 5.74) is 2.82. The fraction of sp³-hybridized carbons (Fsp3) is 0.241. The van der Waals surface area contributed by atoms with Crippen molar-refractivity contribution in [2.75, 3.05) is 25.5 Å². The quantitative estimate of drug-likeness (QED) is 0.281. The van der Waals surface area contributed by atoms with Crippen molar-refractivity contribution < 1.29 is 18.3 Å². The largest absolute Gasteiger partial charge is 0.497 e. The molecule has 2 aromatic carbocycles. The van der Waals surface area contributed by atoms with Crippen LogP contribution in [0.5, 0.6) is 5.75 Å². The molecular weight excluding hydrogens is 534 g/mol. The predicted octanol–water partition coefficient (Wildman–Crippen LogP) is 5.83. The zero-order valence-corrected chi connectivity index (χ0v) is 22.7. The molecular formula is C29H26F2N6O2S. The van der Waals surface area contributed by atoms with Gasteiger partial charge < -0.3 is 15.0 Å². The lowest BCUT2D eigenvalue weighted by atomic mass is 10.0. The Labute approximate surface area is 233 Å². The highest BCUT2D eigenvalue weighted by Gasteiger charge is 2.26. The summed E-state index contributed by atoms with van der Waals surface area (Å²) in [5.74, 6) is -0.767. The van der Waals surface area contributed by atoms with E-state index in [2.05, 4.69) is 10.3 Å². The molecule has 0 bridgehead atoms. The molecule has 0 spiro atoms. The van der Waals surface area contributed by atoms with Gasteiger partial charge in [-0.05, 0) is 68.3 Å². The number of piperidine rings is 1. The third-order valence-electron chi connectivity index (χ3n) is 6.91. The number of benzene rings is 2. The molecule has 40 heavy (non-hydrogen) atoms. The number of aryl methyl sites for hydroxylation is 1. The smallest absolute Gasteiger partial charge is 0.253 e. The maximum Gasteiger partial charge on any atom is 0.253 e. The van der Waals surface area contributed by atoms with Crippen molar-refractivity contribution in [3.05, 3.63) is 83.0 Å². The van der Waals surface area contributed by atoms with Crippen LogP contribution in [-0.4, -0.2) is 56.4 Å². The van der Waals surface area contributed by atoms with Crippen LogP contribution in [0.2, 0.25) is 0 Å². The molecule has 11 heteroatoms. The Morgan fingerprint density at radius 1 is 1.10 bits per heavy atom. The maximum absolute atomic E-state index is 14.1. The summed E-state index contributed by atoms with van der Waals surface area (Å²) in [5, 5.41) is 3.39. The summed E-state index contributed by atoms with van der Waals surface area (Å²) in [4.78, 5) is 30.7. The van der Waals surface area contributed by atoms with E-state index in [4.69, 9.17) is 14.7 Å². The molecule has 0 saturated carbocycles. The van der Waals surface area contributed by atoms with Gasteiger partial charge in [0.15, 0.2) is 16.6 Å².